The van der Waals surface area contributed by atoms with Crippen LogP contribution in [0.25, 0.3) is 11.0 Å². The third-order valence-electron chi connectivity index (χ3n) is 3.67. The second kappa shape index (κ2) is 5.20. The number of pyridine rings is 1. The van der Waals surface area contributed by atoms with E-state index in [1.54, 1.807) is 0 Å². The third kappa shape index (κ3) is 2.49. The van der Waals surface area contributed by atoms with Crippen LogP contribution < -0.4 is 5.32 Å². The molecule has 0 amide bonds. The van der Waals surface area contributed by atoms with E-state index in [0.717, 1.165) is 34.7 Å². The van der Waals surface area contributed by atoms with E-state index in [1.807, 2.05) is 30.9 Å². The lowest BCUT2D eigenvalue weighted by Gasteiger charge is -2.08. The van der Waals surface area contributed by atoms with Gasteiger partial charge in [0.15, 0.2) is 5.65 Å². The van der Waals surface area contributed by atoms with E-state index in [1.165, 1.54) is 5.56 Å². The van der Waals surface area contributed by atoms with Crippen molar-refractivity contribution in [1.29, 1.82) is 0 Å². The summed E-state index contributed by atoms with van der Waals surface area (Å²) >= 11 is 0. The van der Waals surface area contributed by atoms with Gasteiger partial charge in [-0.1, -0.05) is 0 Å². The zero-order valence-corrected chi connectivity index (χ0v) is 12.8. The van der Waals surface area contributed by atoms with E-state index in [2.05, 4.69) is 45.5 Å². The molecule has 6 heteroatoms. The van der Waals surface area contributed by atoms with Crippen molar-refractivity contribution in [3.8, 4) is 0 Å². The number of aromatic amines is 1. The first-order valence-corrected chi connectivity index (χ1v) is 7.14. The van der Waals surface area contributed by atoms with Crippen LogP contribution in [0.4, 0.5) is 5.69 Å². The molecule has 0 aliphatic rings. The second-order valence-electron chi connectivity index (χ2n) is 5.59. The minimum absolute atomic E-state index is 0.310. The zero-order chi connectivity index (χ0) is 15.0. The molecule has 3 rings (SSSR count). The van der Waals surface area contributed by atoms with Gasteiger partial charge in [-0.3, -0.25) is 5.10 Å². The van der Waals surface area contributed by atoms with Gasteiger partial charge in [-0.25, -0.2) is 9.67 Å². The normalized spacial score (nSPS) is 11.5. The Morgan fingerprint density at radius 3 is 2.76 bits per heavy atom. The number of hydrogen-bond acceptors (Lipinski definition) is 4. The highest BCUT2D eigenvalue weighted by Gasteiger charge is 2.09. The summed E-state index contributed by atoms with van der Waals surface area (Å²) in [5.41, 5.74) is 5.24. The molecule has 3 aromatic rings. The average molecular weight is 284 g/mol. The van der Waals surface area contributed by atoms with E-state index in [9.17, 15) is 0 Å². The molecule has 0 radical (unpaired) electrons. The maximum absolute atomic E-state index is 4.52. The Morgan fingerprint density at radius 2 is 2.10 bits per heavy atom. The van der Waals surface area contributed by atoms with Crippen molar-refractivity contribution in [3.63, 3.8) is 0 Å². The van der Waals surface area contributed by atoms with Crippen LogP contribution in [-0.2, 0) is 6.54 Å². The fourth-order valence-corrected chi connectivity index (χ4v) is 2.44. The first-order valence-electron chi connectivity index (χ1n) is 7.14. The second-order valence-corrected chi connectivity index (χ2v) is 5.59. The molecule has 3 heterocycles. The van der Waals surface area contributed by atoms with Crippen LogP contribution in [0.15, 0.2) is 18.5 Å². The molecule has 0 aliphatic heterocycles. The van der Waals surface area contributed by atoms with Gasteiger partial charge in [0.2, 0.25) is 0 Å². The lowest BCUT2D eigenvalue weighted by atomic mass is 10.2. The fourth-order valence-electron chi connectivity index (χ4n) is 2.44. The molecule has 3 aromatic heterocycles. The van der Waals surface area contributed by atoms with E-state index in [-0.39, 0.29) is 0 Å². The van der Waals surface area contributed by atoms with Crippen molar-refractivity contribution < 1.29 is 0 Å². The Kier molecular flexibility index (Phi) is 3.37. The lowest BCUT2D eigenvalue weighted by Crippen LogP contribution is -2.04. The minimum Gasteiger partial charge on any atom is -0.380 e. The van der Waals surface area contributed by atoms with Gasteiger partial charge in [0.05, 0.1) is 23.8 Å². The lowest BCUT2D eigenvalue weighted by molar-refractivity contribution is 0.546. The molecule has 0 bridgehead atoms. The number of H-pyrrole nitrogens is 1. The van der Waals surface area contributed by atoms with Gasteiger partial charge >= 0.3 is 0 Å². The van der Waals surface area contributed by atoms with Crippen LogP contribution in [0.2, 0.25) is 0 Å². The molecule has 0 fully saturated rings. The molecular weight excluding hydrogens is 264 g/mol. The number of nitrogens with one attached hydrogen (secondary N) is 2. The number of fused-ring (bicyclic) bond motifs is 1. The summed E-state index contributed by atoms with van der Waals surface area (Å²) in [5.74, 6) is 0. The summed E-state index contributed by atoms with van der Waals surface area (Å²) < 4.78 is 1.93. The number of hydrogen-bond donors (Lipinski definition) is 2. The number of rotatable bonds is 4. The van der Waals surface area contributed by atoms with Crippen LogP contribution in [0.3, 0.4) is 0 Å². The van der Waals surface area contributed by atoms with Gasteiger partial charge in [-0.2, -0.15) is 10.2 Å². The van der Waals surface area contributed by atoms with Crippen molar-refractivity contribution in [2.75, 3.05) is 5.32 Å². The largest absolute Gasteiger partial charge is 0.380 e. The molecule has 0 saturated carbocycles. The molecule has 0 aromatic carbocycles. The molecule has 21 heavy (non-hydrogen) atoms. The molecule has 0 aliphatic carbocycles. The Labute approximate surface area is 123 Å². The molecule has 0 saturated heterocycles. The van der Waals surface area contributed by atoms with E-state index >= 15 is 0 Å². The van der Waals surface area contributed by atoms with Crippen molar-refractivity contribution >= 4 is 16.7 Å². The first-order chi connectivity index (χ1) is 10.1. The Bertz CT molecular complexity index is 748. The summed E-state index contributed by atoms with van der Waals surface area (Å²) in [6.07, 6.45) is 3.72. The highest BCUT2D eigenvalue weighted by molar-refractivity contribution is 5.78. The molecular formula is C15H20N6. The Balaban J connectivity index is 1.82. The van der Waals surface area contributed by atoms with Gasteiger partial charge < -0.3 is 5.32 Å². The first kappa shape index (κ1) is 13.6. The van der Waals surface area contributed by atoms with Gasteiger partial charge in [-0.05, 0) is 33.8 Å². The van der Waals surface area contributed by atoms with Gasteiger partial charge in [0.25, 0.3) is 0 Å². The minimum atomic E-state index is 0.310. The van der Waals surface area contributed by atoms with Crippen LogP contribution in [0, 0.1) is 13.8 Å². The van der Waals surface area contributed by atoms with Crippen molar-refractivity contribution in [2.45, 2.75) is 40.3 Å². The van der Waals surface area contributed by atoms with Crippen LogP contribution >= 0.6 is 0 Å². The maximum atomic E-state index is 4.52. The van der Waals surface area contributed by atoms with Crippen molar-refractivity contribution in [2.24, 2.45) is 0 Å². The predicted molar refractivity (Wildman–Crippen MR) is 83.3 cm³/mol. The van der Waals surface area contributed by atoms with E-state index < -0.39 is 0 Å². The van der Waals surface area contributed by atoms with Gasteiger partial charge in [0.1, 0.15) is 0 Å². The summed E-state index contributed by atoms with van der Waals surface area (Å²) in [6, 6.07) is 2.39. The van der Waals surface area contributed by atoms with Crippen molar-refractivity contribution in [1.82, 2.24) is 25.0 Å². The van der Waals surface area contributed by atoms with E-state index in [4.69, 9.17) is 0 Å². The predicted octanol–water partition coefficient (Wildman–Crippen LogP) is 2.96. The molecule has 0 atom stereocenters. The Hall–Kier alpha value is -2.37. The zero-order valence-electron chi connectivity index (χ0n) is 12.8. The molecule has 2 N–H and O–H groups in total. The summed E-state index contributed by atoms with van der Waals surface area (Å²) in [5, 5.41) is 16.0. The van der Waals surface area contributed by atoms with Crippen LogP contribution in [0.5, 0.6) is 0 Å². The average Bonchev–Trinajstić information content (AvgIpc) is 3.01. The number of aryl methyl sites for hydroxylation is 2. The van der Waals surface area contributed by atoms with Crippen LogP contribution in [-0.4, -0.2) is 25.0 Å². The van der Waals surface area contributed by atoms with Gasteiger partial charge in [0, 0.05) is 29.2 Å². The monoisotopic (exact) mass is 284 g/mol. The SMILES string of the molecule is Cc1n[nH]c(C)c1CNc1cnc2c(cnn2C(C)C)c1. The molecule has 110 valence electrons. The van der Waals surface area contributed by atoms with Gasteiger partial charge in [-0.15, -0.1) is 0 Å². The van der Waals surface area contributed by atoms with Crippen molar-refractivity contribution in [3.05, 3.63) is 35.4 Å². The number of nitrogens with zero attached hydrogens (tertiary/aromatic N) is 4. The topological polar surface area (TPSA) is 71.4 Å². The maximum Gasteiger partial charge on any atom is 0.158 e. The summed E-state index contributed by atoms with van der Waals surface area (Å²) in [6.45, 7) is 8.98. The number of aromatic nitrogens is 5. The smallest absolute Gasteiger partial charge is 0.158 e. The fraction of sp³-hybridized carbons (Fsp3) is 0.400. The van der Waals surface area contributed by atoms with Crippen LogP contribution in [0.1, 0.15) is 36.8 Å². The summed E-state index contributed by atoms with van der Waals surface area (Å²) in [7, 11) is 0. The standard InChI is InChI=1S/C15H20N6/c1-9(2)21-15-12(6-18-21)5-13(7-17-15)16-8-14-10(3)19-20-11(14)4/h5-7,9,16H,8H2,1-4H3,(H,19,20). The highest BCUT2D eigenvalue weighted by atomic mass is 15.3. The molecule has 0 unspecified atom stereocenters. The third-order valence-corrected chi connectivity index (χ3v) is 3.67. The van der Waals surface area contributed by atoms with E-state index in [0.29, 0.717) is 6.04 Å². The number of anilines is 1. The summed E-state index contributed by atoms with van der Waals surface area (Å²) in [4.78, 5) is 4.52. The molecule has 6 nitrogen and oxygen atoms in total. The Morgan fingerprint density at radius 1 is 1.29 bits per heavy atom. The molecule has 0 spiro atoms. The quantitative estimate of drug-likeness (QED) is 0.772. The highest BCUT2D eigenvalue weighted by Crippen LogP contribution is 2.20.